The van der Waals surface area contributed by atoms with E-state index in [4.69, 9.17) is 15.4 Å². The predicted octanol–water partition coefficient (Wildman–Crippen LogP) is 4.45. The lowest BCUT2D eigenvalue weighted by molar-refractivity contribution is -0.0498. The Hall–Kier alpha value is 0.200. The second-order valence-electron chi connectivity index (χ2n) is 7.06. The van der Waals surface area contributed by atoms with Crippen molar-refractivity contribution in [2.24, 2.45) is 23.7 Å². The first-order chi connectivity index (χ1) is 9.73. The fourth-order valence-corrected chi connectivity index (χ4v) is 4.83. The minimum absolute atomic E-state index is 0.0162. The highest BCUT2D eigenvalue weighted by molar-refractivity contribution is 8.13. The highest BCUT2D eigenvalue weighted by atomic mass is 35.7. The smallest absolute Gasteiger partial charge is 0.232 e. The monoisotopic (exact) mass is 338 g/mol. The second-order valence-corrected chi connectivity index (χ2v) is 9.88. The van der Waals surface area contributed by atoms with E-state index in [1.54, 1.807) is 0 Å². The summed E-state index contributed by atoms with van der Waals surface area (Å²) in [5, 5.41) is 0. The molecule has 0 bridgehead atoms. The molecule has 0 radical (unpaired) electrons. The van der Waals surface area contributed by atoms with Gasteiger partial charge in [-0.15, -0.1) is 0 Å². The van der Waals surface area contributed by atoms with E-state index in [2.05, 4.69) is 27.7 Å². The van der Waals surface area contributed by atoms with Crippen LogP contribution < -0.4 is 0 Å². The highest BCUT2D eigenvalue weighted by Gasteiger charge is 2.32. The first-order valence-corrected chi connectivity index (χ1v) is 10.7. The average molecular weight is 339 g/mol. The van der Waals surface area contributed by atoms with Crippen LogP contribution in [0, 0.1) is 23.7 Å². The number of ether oxygens (including phenoxy) is 1. The summed E-state index contributed by atoms with van der Waals surface area (Å²) < 4.78 is 28.8. The summed E-state index contributed by atoms with van der Waals surface area (Å²) in [5.74, 6) is 1.95. The van der Waals surface area contributed by atoms with Gasteiger partial charge in [-0.3, -0.25) is 0 Å². The van der Waals surface area contributed by atoms with Gasteiger partial charge in [-0.25, -0.2) is 8.42 Å². The van der Waals surface area contributed by atoms with Crippen LogP contribution in [0.5, 0.6) is 0 Å². The van der Waals surface area contributed by atoms with Crippen LogP contribution in [0.2, 0.25) is 0 Å². The minimum atomic E-state index is -3.45. The molecular weight excluding hydrogens is 308 g/mol. The van der Waals surface area contributed by atoms with E-state index in [9.17, 15) is 8.42 Å². The lowest BCUT2D eigenvalue weighted by atomic mass is 9.75. The summed E-state index contributed by atoms with van der Waals surface area (Å²) in [5.41, 5.74) is 0. The molecule has 1 aliphatic rings. The zero-order chi connectivity index (χ0) is 16.0. The first-order valence-electron chi connectivity index (χ1n) is 8.26. The summed E-state index contributed by atoms with van der Waals surface area (Å²) in [7, 11) is 1.96. The van der Waals surface area contributed by atoms with Gasteiger partial charge in [0.2, 0.25) is 9.05 Å². The van der Waals surface area contributed by atoms with E-state index in [-0.39, 0.29) is 17.8 Å². The summed E-state index contributed by atoms with van der Waals surface area (Å²) in [4.78, 5) is 0. The Morgan fingerprint density at radius 3 is 2.48 bits per heavy atom. The van der Waals surface area contributed by atoms with E-state index in [0.29, 0.717) is 24.4 Å². The summed E-state index contributed by atoms with van der Waals surface area (Å²) in [6.45, 7) is 9.36. The minimum Gasteiger partial charge on any atom is -0.378 e. The second kappa shape index (κ2) is 8.73. The van der Waals surface area contributed by atoms with Gasteiger partial charge in [-0.2, -0.15) is 0 Å². The Kier molecular flexibility index (Phi) is 8.00. The summed E-state index contributed by atoms with van der Waals surface area (Å²) >= 11 is 0. The van der Waals surface area contributed by atoms with E-state index in [0.717, 1.165) is 19.3 Å². The van der Waals surface area contributed by atoms with Gasteiger partial charge < -0.3 is 4.74 Å². The fourth-order valence-electron chi connectivity index (χ4n) is 3.47. The number of hydrogen-bond acceptors (Lipinski definition) is 3. The Morgan fingerprint density at radius 2 is 1.95 bits per heavy atom. The Morgan fingerprint density at radius 1 is 1.29 bits per heavy atom. The molecule has 0 aromatic heterocycles. The molecule has 21 heavy (non-hydrogen) atoms. The van der Waals surface area contributed by atoms with Crippen molar-refractivity contribution >= 4 is 19.7 Å². The maximum absolute atomic E-state index is 11.3. The SMILES string of the molecule is CCCC(COC1CC(C)CCC1C(C)C)CS(=O)(=O)Cl. The molecule has 0 aliphatic heterocycles. The van der Waals surface area contributed by atoms with Gasteiger partial charge in [-0.05, 0) is 42.9 Å². The van der Waals surface area contributed by atoms with Crippen molar-refractivity contribution in [3.8, 4) is 0 Å². The van der Waals surface area contributed by atoms with Gasteiger partial charge >= 0.3 is 0 Å². The van der Waals surface area contributed by atoms with Crippen molar-refractivity contribution in [3.63, 3.8) is 0 Å². The predicted molar refractivity (Wildman–Crippen MR) is 89.1 cm³/mol. The first kappa shape index (κ1) is 19.2. The largest absolute Gasteiger partial charge is 0.378 e. The molecule has 1 saturated carbocycles. The van der Waals surface area contributed by atoms with E-state index >= 15 is 0 Å². The standard InChI is InChI=1S/C16H31ClO3S/c1-5-6-14(11-21(17,18)19)10-20-16-9-13(4)7-8-15(16)12(2)3/h12-16H,5-11H2,1-4H3. The Balaban J connectivity index is 2.58. The third-order valence-corrected chi connectivity index (χ3v) is 5.89. The number of halogens is 1. The van der Waals surface area contributed by atoms with Crippen LogP contribution >= 0.6 is 10.7 Å². The van der Waals surface area contributed by atoms with Gasteiger partial charge in [0.25, 0.3) is 0 Å². The average Bonchev–Trinajstić information content (AvgIpc) is 2.34. The van der Waals surface area contributed by atoms with Gasteiger partial charge in [0, 0.05) is 10.7 Å². The van der Waals surface area contributed by atoms with Gasteiger partial charge in [0.05, 0.1) is 18.5 Å². The Labute approximate surface area is 135 Å². The maximum Gasteiger partial charge on any atom is 0.232 e. The normalized spacial score (nSPS) is 28.8. The number of rotatable bonds is 8. The zero-order valence-electron chi connectivity index (χ0n) is 13.8. The van der Waals surface area contributed by atoms with Crippen LogP contribution in [0.25, 0.3) is 0 Å². The fraction of sp³-hybridized carbons (Fsp3) is 1.00. The van der Waals surface area contributed by atoms with Crippen molar-refractivity contribution in [1.29, 1.82) is 0 Å². The van der Waals surface area contributed by atoms with Crippen LogP contribution in [-0.4, -0.2) is 26.9 Å². The molecule has 0 spiro atoms. The zero-order valence-corrected chi connectivity index (χ0v) is 15.4. The van der Waals surface area contributed by atoms with Crippen LogP contribution in [0.1, 0.15) is 59.8 Å². The van der Waals surface area contributed by atoms with Gasteiger partial charge in [-0.1, -0.05) is 40.5 Å². The molecule has 0 aromatic carbocycles. The van der Waals surface area contributed by atoms with E-state index in [1.807, 2.05) is 0 Å². The molecular formula is C16H31ClO3S. The highest BCUT2D eigenvalue weighted by Crippen LogP contribution is 2.35. The van der Waals surface area contributed by atoms with Crippen LogP contribution in [0.15, 0.2) is 0 Å². The third-order valence-electron chi connectivity index (χ3n) is 4.64. The molecule has 3 nitrogen and oxygen atoms in total. The van der Waals surface area contributed by atoms with Crippen LogP contribution in [-0.2, 0) is 13.8 Å². The number of hydrogen-bond donors (Lipinski definition) is 0. The van der Waals surface area contributed by atoms with Crippen molar-refractivity contribution in [2.75, 3.05) is 12.4 Å². The summed E-state index contributed by atoms with van der Waals surface area (Å²) in [6, 6.07) is 0. The van der Waals surface area contributed by atoms with E-state index < -0.39 is 9.05 Å². The maximum atomic E-state index is 11.3. The topological polar surface area (TPSA) is 43.4 Å². The summed E-state index contributed by atoms with van der Waals surface area (Å²) in [6.07, 6.45) is 5.66. The molecule has 0 heterocycles. The van der Waals surface area contributed by atoms with E-state index in [1.165, 1.54) is 12.8 Å². The molecule has 5 heteroatoms. The lowest BCUT2D eigenvalue weighted by Crippen LogP contribution is -2.36. The van der Waals surface area contributed by atoms with Crippen molar-refractivity contribution in [3.05, 3.63) is 0 Å². The molecule has 0 amide bonds. The third kappa shape index (κ3) is 7.34. The molecule has 1 fully saturated rings. The quantitative estimate of drug-likeness (QED) is 0.614. The molecule has 0 N–H and O–H groups in total. The molecule has 4 unspecified atom stereocenters. The molecule has 4 atom stereocenters. The van der Waals surface area contributed by atoms with Crippen LogP contribution in [0.4, 0.5) is 0 Å². The van der Waals surface area contributed by atoms with Crippen molar-refractivity contribution in [1.82, 2.24) is 0 Å². The molecule has 1 rings (SSSR count). The molecule has 0 saturated heterocycles. The van der Waals surface area contributed by atoms with Gasteiger partial charge in [0.1, 0.15) is 0 Å². The molecule has 126 valence electrons. The lowest BCUT2D eigenvalue weighted by Gasteiger charge is -2.37. The van der Waals surface area contributed by atoms with Crippen molar-refractivity contribution in [2.45, 2.75) is 65.9 Å². The molecule has 0 aromatic rings. The van der Waals surface area contributed by atoms with Crippen LogP contribution in [0.3, 0.4) is 0 Å². The van der Waals surface area contributed by atoms with Gasteiger partial charge in [0.15, 0.2) is 0 Å². The Bertz CT molecular complexity index is 394. The molecule has 1 aliphatic carbocycles. The van der Waals surface area contributed by atoms with Crippen molar-refractivity contribution < 1.29 is 13.2 Å².